The molecule has 0 radical (unpaired) electrons. The smallest absolute Gasteiger partial charge is 0.411 e. The summed E-state index contributed by atoms with van der Waals surface area (Å²) in [6, 6.07) is 9.04. The molecule has 1 saturated heterocycles. The summed E-state index contributed by atoms with van der Waals surface area (Å²) in [6.45, 7) is 0.0396. The molecule has 7 nitrogen and oxygen atoms in total. The number of amides is 1. The first-order valence-electron chi connectivity index (χ1n) is 6.35. The summed E-state index contributed by atoms with van der Waals surface area (Å²) in [5, 5.41) is 2.26. The summed E-state index contributed by atoms with van der Waals surface area (Å²) in [7, 11) is 1.15. The molecule has 0 saturated carbocycles. The van der Waals surface area contributed by atoms with E-state index in [1.54, 1.807) is 12.1 Å². The highest BCUT2D eigenvalue weighted by molar-refractivity contribution is 5.89. The molecule has 1 aliphatic rings. The molecule has 1 amide bonds. The molecular formula is C14H15NO6. The summed E-state index contributed by atoms with van der Waals surface area (Å²) in [5.74, 6) is -1.42. The number of alkyl carbamates (subject to hydrolysis) is 1. The fourth-order valence-electron chi connectivity index (χ4n) is 1.95. The number of carbonyl (C=O) groups is 3. The Labute approximate surface area is 121 Å². The molecule has 1 aromatic rings. The number of carbonyl (C=O) groups excluding carboxylic acids is 3. The van der Waals surface area contributed by atoms with Crippen LogP contribution < -0.4 is 5.32 Å². The van der Waals surface area contributed by atoms with Crippen molar-refractivity contribution in [3.8, 4) is 0 Å². The predicted molar refractivity (Wildman–Crippen MR) is 69.8 cm³/mol. The first-order chi connectivity index (χ1) is 10.1. The van der Waals surface area contributed by atoms with Crippen LogP contribution in [0.1, 0.15) is 18.4 Å². The number of rotatable bonds is 4. The first kappa shape index (κ1) is 14.8. The van der Waals surface area contributed by atoms with E-state index in [2.05, 4.69) is 10.1 Å². The molecule has 1 fully saturated rings. The average molecular weight is 293 g/mol. The van der Waals surface area contributed by atoms with Gasteiger partial charge in [0.05, 0.1) is 13.5 Å². The number of benzene rings is 1. The van der Waals surface area contributed by atoms with Crippen LogP contribution >= 0.6 is 0 Å². The summed E-state index contributed by atoms with van der Waals surface area (Å²) in [6.07, 6.45) is -0.827. The van der Waals surface area contributed by atoms with Crippen molar-refractivity contribution in [2.75, 3.05) is 7.11 Å². The molecule has 2 rings (SSSR count). The number of esters is 2. The van der Waals surface area contributed by atoms with Gasteiger partial charge >= 0.3 is 18.0 Å². The minimum absolute atomic E-state index is 0.0128. The van der Waals surface area contributed by atoms with E-state index in [-0.39, 0.29) is 19.4 Å². The highest BCUT2D eigenvalue weighted by atomic mass is 16.6. The van der Waals surface area contributed by atoms with Crippen LogP contribution in [0.4, 0.5) is 4.79 Å². The number of hydrogen-bond donors (Lipinski definition) is 1. The maximum atomic E-state index is 11.8. The molecule has 1 unspecified atom stereocenters. The zero-order valence-corrected chi connectivity index (χ0v) is 11.5. The van der Waals surface area contributed by atoms with E-state index in [4.69, 9.17) is 9.47 Å². The largest absolute Gasteiger partial charge is 0.465 e. The van der Waals surface area contributed by atoms with E-state index in [1.165, 1.54) is 0 Å². The summed E-state index contributed by atoms with van der Waals surface area (Å²) in [4.78, 5) is 34.7. The number of hydrogen-bond acceptors (Lipinski definition) is 6. The lowest BCUT2D eigenvalue weighted by atomic mass is 10.1. The first-order valence-corrected chi connectivity index (χ1v) is 6.35. The van der Waals surface area contributed by atoms with Crippen LogP contribution in [0, 0.1) is 0 Å². The summed E-state index contributed by atoms with van der Waals surface area (Å²) >= 11 is 0. The third-order valence-electron chi connectivity index (χ3n) is 3.00. The van der Waals surface area contributed by atoms with Gasteiger partial charge in [0.1, 0.15) is 6.61 Å². The Bertz CT molecular complexity index is 544. The van der Waals surface area contributed by atoms with Crippen molar-refractivity contribution < 1.29 is 28.6 Å². The predicted octanol–water partition coefficient (Wildman–Crippen LogP) is 1.12. The number of nitrogens with one attached hydrogen (secondary N) is 1. The standard InChI is InChI=1S/C14H15NO6/c1-19-12(17)14(8-7-11(16)21-14)15-13(18)20-9-10-5-3-2-4-6-10/h2-6H,7-9H2,1H3,(H,15,18). The Morgan fingerprint density at radius 1 is 1.33 bits per heavy atom. The van der Waals surface area contributed by atoms with Gasteiger partial charge in [-0.05, 0) is 5.56 Å². The third kappa shape index (κ3) is 3.50. The van der Waals surface area contributed by atoms with Gasteiger partial charge in [-0.25, -0.2) is 9.59 Å². The van der Waals surface area contributed by atoms with Crippen LogP contribution in [0.2, 0.25) is 0 Å². The highest BCUT2D eigenvalue weighted by Crippen LogP contribution is 2.25. The van der Waals surface area contributed by atoms with Gasteiger partial charge in [0, 0.05) is 6.42 Å². The maximum absolute atomic E-state index is 11.8. The Morgan fingerprint density at radius 3 is 2.62 bits per heavy atom. The van der Waals surface area contributed by atoms with E-state index in [0.717, 1.165) is 12.7 Å². The quantitative estimate of drug-likeness (QED) is 0.660. The van der Waals surface area contributed by atoms with Crippen LogP contribution in [0.3, 0.4) is 0 Å². The molecule has 0 bridgehead atoms. The van der Waals surface area contributed by atoms with Crippen molar-refractivity contribution in [1.82, 2.24) is 5.32 Å². The second-order valence-corrected chi connectivity index (χ2v) is 4.48. The molecule has 1 aliphatic heterocycles. The highest BCUT2D eigenvalue weighted by Gasteiger charge is 2.50. The molecule has 1 N–H and O–H groups in total. The molecular weight excluding hydrogens is 278 g/mol. The van der Waals surface area contributed by atoms with E-state index < -0.39 is 23.8 Å². The number of cyclic esters (lactones) is 1. The second kappa shape index (κ2) is 6.25. The molecule has 0 spiro atoms. The van der Waals surface area contributed by atoms with Gasteiger partial charge in [0.2, 0.25) is 0 Å². The number of methoxy groups -OCH3 is 1. The summed E-state index contributed by atoms with van der Waals surface area (Å²) < 4.78 is 14.5. The van der Waals surface area contributed by atoms with Crippen molar-refractivity contribution in [2.24, 2.45) is 0 Å². The fraction of sp³-hybridized carbons (Fsp3) is 0.357. The lowest BCUT2D eigenvalue weighted by Gasteiger charge is -2.25. The van der Waals surface area contributed by atoms with Crippen molar-refractivity contribution in [2.45, 2.75) is 25.2 Å². The Balaban J connectivity index is 1.96. The van der Waals surface area contributed by atoms with E-state index in [1.807, 2.05) is 18.2 Å². The Hall–Kier alpha value is -2.57. The van der Waals surface area contributed by atoms with Gasteiger partial charge in [-0.2, -0.15) is 0 Å². The molecule has 1 heterocycles. The lowest BCUT2D eigenvalue weighted by molar-refractivity contribution is -0.175. The van der Waals surface area contributed by atoms with E-state index in [9.17, 15) is 14.4 Å². The minimum Gasteiger partial charge on any atom is -0.465 e. The van der Waals surface area contributed by atoms with Crippen LogP contribution in [0.15, 0.2) is 30.3 Å². The van der Waals surface area contributed by atoms with Crippen molar-refractivity contribution in [3.05, 3.63) is 35.9 Å². The minimum atomic E-state index is -1.79. The normalized spacial score (nSPS) is 20.5. The van der Waals surface area contributed by atoms with Crippen LogP contribution in [-0.4, -0.2) is 30.9 Å². The van der Waals surface area contributed by atoms with Gasteiger partial charge < -0.3 is 14.2 Å². The van der Waals surface area contributed by atoms with Gasteiger partial charge in [0.25, 0.3) is 5.72 Å². The Morgan fingerprint density at radius 2 is 2.05 bits per heavy atom. The van der Waals surface area contributed by atoms with Crippen molar-refractivity contribution in [3.63, 3.8) is 0 Å². The fourth-order valence-corrected chi connectivity index (χ4v) is 1.95. The van der Waals surface area contributed by atoms with Gasteiger partial charge in [-0.3, -0.25) is 10.1 Å². The van der Waals surface area contributed by atoms with Gasteiger partial charge in [-0.15, -0.1) is 0 Å². The zero-order valence-electron chi connectivity index (χ0n) is 11.5. The van der Waals surface area contributed by atoms with Crippen LogP contribution in [0.5, 0.6) is 0 Å². The molecule has 112 valence electrons. The SMILES string of the molecule is COC(=O)C1(NC(=O)OCc2ccccc2)CCC(=O)O1. The van der Waals surface area contributed by atoms with Crippen LogP contribution in [0.25, 0.3) is 0 Å². The monoisotopic (exact) mass is 293 g/mol. The summed E-state index contributed by atoms with van der Waals surface area (Å²) in [5.41, 5.74) is -0.997. The molecule has 1 atom stereocenters. The number of ether oxygens (including phenoxy) is 3. The van der Waals surface area contributed by atoms with E-state index in [0.29, 0.717) is 0 Å². The van der Waals surface area contributed by atoms with E-state index >= 15 is 0 Å². The topological polar surface area (TPSA) is 90.9 Å². The third-order valence-corrected chi connectivity index (χ3v) is 3.00. The maximum Gasteiger partial charge on any atom is 0.411 e. The van der Waals surface area contributed by atoms with Gasteiger partial charge in [-0.1, -0.05) is 30.3 Å². The van der Waals surface area contributed by atoms with Crippen molar-refractivity contribution >= 4 is 18.0 Å². The lowest BCUT2D eigenvalue weighted by Crippen LogP contribution is -2.55. The molecule has 7 heteroatoms. The molecule has 1 aromatic carbocycles. The zero-order chi connectivity index (χ0) is 15.3. The van der Waals surface area contributed by atoms with Gasteiger partial charge in [0.15, 0.2) is 0 Å². The molecule has 0 aliphatic carbocycles. The van der Waals surface area contributed by atoms with Crippen molar-refractivity contribution in [1.29, 1.82) is 0 Å². The molecule has 0 aromatic heterocycles. The second-order valence-electron chi connectivity index (χ2n) is 4.48. The van der Waals surface area contributed by atoms with Crippen LogP contribution in [-0.2, 0) is 30.4 Å². The average Bonchev–Trinajstić information content (AvgIpc) is 2.87. The molecule has 21 heavy (non-hydrogen) atoms. The Kier molecular flexibility index (Phi) is 4.42.